The summed E-state index contributed by atoms with van der Waals surface area (Å²) in [7, 11) is -2.72. The van der Waals surface area contributed by atoms with E-state index >= 15 is 0 Å². The Morgan fingerprint density at radius 3 is 2.41 bits per heavy atom. The number of methoxy groups -OCH3 is 1. The van der Waals surface area contributed by atoms with Gasteiger partial charge in [-0.3, -0.25) is 24.7 Å². The summed E-state index contributed by atoms with van der Waals surface area (Å²) >= 11 is 0. The predicted molar refractivity (Wildman–Crippen MR) is 135 cm³/mol. The van der Waals surface area contributed by atoms with Crippen molar-refractivity contribution < 1.29 is 32.6 Å². The van der Waals surface area contributed by atoms with Crippen molar-refractivity contribution in [2.45, 2.75) is 30.2 Å². The molecule has 2 aromatic carbocycles. The third-order valence-corrected chi connectivity index (χ3v) is 6.93. The number of carbonyl (C=O) groups excluding carboxylic acids is 2. The molecule has 0 fully saturated rings. The monoisotopic (exact) mass is 531 g/mol. The molecule has 0 saturated heterocycles. The van der Waals surface area contributed by atoms with E-state index in [1.54, 1.807) is 24.3 Å². The van der Waals surface area contributed by atoms with Crippen LogP contribution in [0.15, 0.2) is 58.4 Å². The molecular formula is C24H29N5O7S. The van der Waals surface area contributed by atoms with Gasteiger partial charge in [0.2, 0.25) is 15.9 Å². The van der Waals surface area contributed by atoms with Crippen molar-refractivity contribution in [2.75, 3.05) is 26.7 Å². The first-order valence-corrected chi connectivity index (χ1v) is 13.0. The van der Waals surface area contributed by atoms with Gasteiger partial charge >= 0.3 is 5.97 Å². The lowest BCUT2D eigenvalue weighted by molar-refractivity contribution is -0.138. The molecule has 0 unspecified atom stereocenters. The molecule has 0 aromatic heterocycles. The molecule has 3 rings (SSSR count). The fourth-order valence-electron chi connectivity index (χ4n) is 3.38. The number of hydrogen-bond acceptors (Lipinski definition) is 8. The van der Waals surface area contributed by atoms with Gasteiger partial charge in [-0.15, -0.1) is 0 Å². The Morgan fingerprint density at radius 1 is 1.11 bits per heavy atom. The van der Waals surface area contributed by atoms with Crippen molar-refractivity contribution >= 4 is 33.8 Å². The molecule has 12 nitrogen and oxygen atoms in total. The molecule has 1 atom stereocenters. The first-order chi connectivity index (χ1) is 17.7. The number of hydrogen-bond donors (Lipinski definition) is 5. The zero-order chi connectivity index (χ0) is 26.8. The van der Waals surface area contributed by atoms with Crippen LogP contribution < -0.4 is 25.4 Å². The number of nitrogens with zero attached hydrogens (tertiary/aromatic N) is 1. The van der Waals surface area contributed by atoms with Crippen molar-refractivity contribution in [3.8, 4) is 5.75 Å². The van der Waals surface area contributed by atoms with E-state index in [1.165, 1.54) is 31.4 Å². The third-order valence-electron chi connectivity index (χ3n) is 5.44. The molecule has 2 aromatic rings. The zero-order valence-corrected chi connectivity index (χ0v) is 21.0. The van der Waals surface area contributed by atoms with Crippen LogP contribution in [0.3, 0.4) is 0 Å². The van der Waals surface area contributed by atoms with Crippen molar-refractivity contribution in [1.82, 2.24) is 20.7 Å². The van der Waals surface area contributed by atoms with Crippen LogP contribution in [0.25, 0.3) is 0 Å². The maximum Gasteiger partial charge on any atom is 0.323 e. The normalized spacial score (nSPS) is 14.0. The highest BCUT2D eigenvalue weighted by Crippen LogP contribution is 2.15. The van der Waals surface area contributed by atoms with Crippen LogP contribution in [-0.2, 0) is 26.0 Å². The molecule has 0 bridgehead atoms. The molecule has 198 valence electrons. The van der Waals surface area contributed by atoms with Crippen LogP contribution in [-0.4, -0.2) is 70.1 Å². The summed E-state index contributed by atoms with van der Waals surface area (Å²) in [6.07, 6.45) is 1.62. The van der Waals surface area contributed by atoms with E-state index in [-0.39, 0.29) is 22.8 Å². The Balaban J connectivity index is 1.51. The first-order valence-electron chi connectivity index (χ1n) is 11.5. The number of aliphatic carboxylic acids is 1. The van der Waals surface area contributed by atoms with Gasteiger partial charge in [0.15, 0.2) is 5.96 Å². The molecule has 0 spiro atoms. The van der Waals surface area contributed by atoms with E-state index < -0.39 is 34.5 Å². The molecule has 37 heavy (non-hydrogen) atoms. The van der Waals surface area contributed by atoms with Crippen molar-refractivity contribution in [1.29, 1.82) is 0 Å². The van der Waals surface area contributed by atoms with Gasteiger partial charge in [-0.2, -0.15) is 4.72 Å². The number of aryl methyl sites for hydroxylation is 1. The van der Waals surface area contributed by atoms with E-state index in [0.29, 0.717) is 24.7 Å². The minimum atomic E-state index is -4.15. The summed E-state index contributed by atoms with van der Waals surface area (Å²) in [5.74, 6) is -1.26. The van der Waals surface area contributed by atoms with Crippen LogP contribution in [0.4, 0.5) is 0 Å². The lowest BCUT2D eigenvalue weighted by Gasteiger charge is -2.16. The summed E-state index contributed by atoms with van der Waals surface area (Å²) < 4.78 is 32.2. The van der Waals surface area contributed by atoms with E-state index in [0.717, 1.165) is 18.5 Å². The first kappa shape index (κ1) is 27.6. The highest BCUT2D eigenvalue weighted by Gasteiger charge is 2.26. The minimum Gasteiger partial charge on any atom is -0.497 e. The van der Waals surface area contributed by atoms with Crippen molar-refractivity contribution in [2.24, 2.45) is 4.99 Å². The SMILES string of the molecule is COc1ccc(S(=O)(=O)N[C@@H](CNC(=O)c2ccc(CCC(=O)NC3=NCCCN3)cc2)C(=O)O)cc1. The Hall–Kier alpha value is -3.97. The highest BCUT2D eigenvalue weighted by molar-refractivity contribution is 7.89. The van der Waals surface area contributed by atoms with E-state index in [4.69, 9.17) is 4.74 Å². The van der Waals surface area contributed by atoms with Crippen LogP contribution in [0.2, 0.25) is 0 Å². The molecule has 0 saturated carbocycles. The average Bonchev–Trinajstić information content (AvgIpc) is 2.90. The lowest BCUT2D eigenvalue weighted by atomic mass is 10.1. The Labute approximate surface area is 214 Å². The quantitative estimate of drug-likeness (QED) is 0.274. The fraction of sp³-hybridized carbons (Fsp3) is 0.333. The number of carboxylic acids is 1. The van der Waals surface area contributed by atoms with Gasteiger partial charge in [-0.1, -0.05) is 12.1 Å². The van der Waals surface area contributed by atoms with Crippen LogP contribution in [0.1, 0.15) is 28.8 Å². The van der Waals surface area contributed by atoms with Crippen LogP contribution in [0, 0.1) is 0 Å². The van der Waals surface area contributed by atoms with E-state index in [9.17, 15) is 27.9 Å². The summed E-state index contributed by atoms with van der Waals surface area (Å²) in [4.78, 5) is 40.2. The lowest BCUT2D eigenvalue weighted by Crippen LogP contribution is -2.48. The molecule has 1 heterocycles. The van der Waals surface area contributed by atoms with E-state index in [1.807, 2.05) is 0 Å². The second-order valence-corrected chi connectivity index (χ2v) is 9.87. The predicted octanol–water partition coefficient (Wildman–Crippen LogP) is 0.255. The van der Waals surface area contributed by atoms with Crippen molar-refractivity contribution in [3.05, 3.63) is 59.7 Å². The molecular weight excluding hydrogens is 502 g/mol. The number of carbonyl (C=O) groups is 3. The molecule has 2 amide bonds. The van der Waals surface area contributed by atoms with Gasteiger partial charge in [0, 0.05) is 31.6 Å². The summed E-state index contributed by atoms with van der Waals surface area (Å²) in [5, 5.41) is 17.6. The second-order valence-electron chi connectivity index (χ2n) is 8.15. The van der Waals surface area contributed by atoms with Crippen LogP contribution >= 0.6 is 0 Å². The number of carboxylic acid groups (broad SMARTS) is 1. The Kier molecular flexibility index (Phi) is 9.57. The van der Waals surface area contributed by atoms with Crippen molar-refractivity contribution in [3.63, 3.8) is 0 Å². The number of guanidine groups is 1. The van der Waals surface area contributed by atoms with Gasteiger partial charge in [0.05, 0.1) is 12.0 Å². The van der Waals surface area contributed by atoms with Gasteiger partial charge in [-0.05, 0) is 54.8 Å². The number of amides is 2. The van der Waals surface area contributed by atoms with Crippen LogP contribution in [0.5, 0.6) is 5.75 Å². The van der Waals surface area contributed by atoms with Gasteiger partial charge in [0.1, 0.15) is 11.8 Å². The minimum absolute atomic E-state index is 0.141. The number of rotatable bonds is 11. The fourth-order valence-corrected chi connectivity index (χ4v) is 4.57. The molecule has 13 heteroatoms. The van der Waals surface area contributed by atoms with Gasteiger partial charge < -0.3 is 20.5 Å². The Bertz CT molecular complexity index is 1250. The van der Waals surface area contributed by atoms with E-state index in [2.05, 4.69) is 25.7 Å². The summed E-state index contributed by atoms with van der Waals surface area (Å²) in [6, 6.07) is 10.3. The molecule has 1 aliphatic rings. The Morgan fingerprint density at radius 2 is 1.81 bits per heavy atom. The zero-order valence-electron chi connectivity index (χ0n) is 20.2. The number of ether oxygens (including phenoxy) is 1. The number of nitrogens with one attached hydrogen (secondary N) is 4. The summed E-state index contributed by atoms with van der Waals surface area (Å²) in [5.41, 5.74) is 1.09. The molecule has 1 aliphatic heterocycles. The number of aliphatic imine (C=N–C) groups is 1. The maximum absolute atomic E-state index is 12.6. The smallest absolute Gasteiger partial charge is 0.323 e. The molecule has 0 radical (unpaired) electrons. The second kappa shape index (κ2) is 12.8. The number of sulfonamides is 1. The molecule has 5 N–H and O–H groups in total. The topological polar surface area (TPSA) is 175 Å². The molecule has 0 aliphatic carbocycles. The largest absolute Gasteiger partial charge is 0.497 e. The maximum atomic E-state index is 12.6. The highest BCUT2D eigenvalue weighted by atomic mass is 32.2. The standard InChI is InChI=1S/C24H29N5O7S/c1-36-18-8-10-19(11-9-18)37(34,35)29-20(23(32)33)15-27-22(31)17-6-3-16(4-7-17)5-12-21(30)28-24-25-13-2-14-26-24/h3-4,6-11,20,29H,2,5,12-15H2,1H3,(H,27,31)(H,32,33)(H2,25,26,28,30)/t20-/m0/s1. The van der Waals surface area contributed by atoms with Gasteiger partial charge in [-0.25, -0.2) is 8.42 Å². The van der Waals surface area contributed by atoms with Gasteiger partial charge in [0.25, 0.3) is 5.91 Å². The number of benzene rings is 2. The summed E-state index contributed by atoms with van der Waals surface area (Å²) in [6.45, 7) is 0.974. The third kappa shape index (κ3) is 8.29. The average molecular weight is 532 g/mol.